The van der Waals surface area contributed by atoms with Gasteiger partial charge < -0.3 is 4.90 Å². The van der Waals surface area contributed by atoms with Crippen LogP contribution in [0, 0.1) is 12.7 Å². The maximum absolute atomic E-state index is 13.9. The van der Waals surface area contributed by atoms with E-state index in [1.807, 2.05) is 12.4 Å². The molecular weight excluding hydrogens is 279 g/mol. The molecule has 2 aliphatic heterocycles. The van der Waals surface area contributed by atoms with Crippen molar-refractivity contribution in [1.29, 1.82) is 0 Å². The molecule has 0 aromatic carbocycles. The third kappa shape index (κ3) is 2.25. The van der Waals surface area contributed by atoms with Gasteiger partial charge in [0.2, 0.25) is 0 Å². The van der Waals surface area contributed by atoms with Crippen LogP contribution in [0.4, 0.5) is 10.2 Å². The van der Waals surface area contributed by atoms with Crippen LogP contribution in [-0.2, 0) is 6.54 Å². The third-order valence-electron chi connectivity index (χ3n) is 4.89. The van der Waals surface area contributed by atoms with Crippen molar-refractivity contribution in [2.24, 2.45) is 0 Å². The predicted molar refractivity (Wildman–Crippen MR) is 83.1 cm³/mol. The van der Waals surface area contributed by atoms with Crippen LogP contribution in [0.3, 0.4) is 0 Å². The summed E-state index contributed by atoms with van der Waals surface area (Å²) in [5.74, 6) is 0.289. The lowest BCUT2D eigenvalue weighted by Gasteiger charge is -2.35. The van der Waals surface area contributed by atoms with Crippen molar-refractivity contribution in [3.63, 3.8) is 0 Å². The maximum atomic E-state index is 13.9. The Labute approximate surface area is 129 Å². The molecule has 2 bridgehead atoms. The topological polar surface area (TPSA) is 32.3 Å². The van der Waals surface area contributed by atoms with Crippen molar-refractivity contribution >= 4 is 5.82 Å². The van der Waals surface area contributed by atoms with Crippen LogP contribution in [-0.4, -0.2) is 40.0 Å². The first-order valence-electron chi connectivity index (χ1n) is 7.73. The van der Waals surface area contributed by atoms with E-state index in [9.17, 15) is 4.39 Å². The van der Waals surface area contributed by atoms with Gasteiger partial charge >= 0.3 is 0 Å². The number of halogens is 1. The Bertz CT molecular complexity index is 690. The summed E-state index contributed by atoms with van der Waals surface area (Å²) in [6.07, 6.45) is 6.55. The van der Waals surface area contributed by atoms with Crippen LogP contribution < -0.4 is 4.90 Å². The standard InChI is InChI=1S/C17H19FN4/c1-12-4-6-19-8-13(12)9-21-10-15-7-14(21)11-22(15)17-16(18)3-2-5-20-17/h2-6,8,14-15H,7,9-11H2,1H3. The number of hydrogen-bond acceptors (Lipinski definition) is 4. The maximum Gasteiger partial charge on any atom is 0.165 e. The lowest BCUT2D eigenvalue weighted by Crippen LogP contribution is -2.46. The van der Waals surface area contributed by atoms with Gasteiger partial charge in [0.1, 0.15) is 0 Å². The zero-order chi connectivity index (χ0) is 15.1. The monoisotopic (exact) mass is 298 g/mol. The van der Waals surface area contributed by atoms with Gasteiger partial charge in [0, 0.05) is 50.3 Å². The predicted octanol–water partition coefficient (Wildman–Crippen LogP) is 2.39. The van der Waals surface area contributed by atoms with Gasteiger partial charge in [-0.3, -0.25) is 9.88 Å². The van der Waals surface area contributed by atoms with E-state index in [1.165, 1.54) is 17.2 Å². The Morgan fingerprint density at radius 2 is 2.14 bits per heavy atom. The van der Waals surface area contributed by atoms with Gasteiger partial charge in [-0.2, -0.15) is 0 Å². The molecule has 5 heteroatoms. The van der Waals surface area contributed by atoms with E-state index in [-0.39, 0.29) is 5.82 Å². The van der Waals surface area contributed by atoms with Gasteiger partial charge in [0.05, 0.1) is 0 Å². The molecule has 4 heterocycles. The first kappa shape index (κ1) is 13.6. The number of piperazine rings is 1. The number of aryl methyl sites for hydroxylation is 1. The molecule has 22 heavy (non-hydrogen) atoms. The summed E-state index contributed by atoms with van der Waals surface area (Å²) < 4.78 is 13.9. The number of pyridine rings is 2. The summed E-state index contributed by atoms with van der Waals surface area (Å²) in [4.78, 5) is 13.1. The highest BCUT2D eigenvalue weighted by atomic mass is 19.1. The normalized spacial score (nSPS) is 24.2. The molecule has 0 amide bonds. The second-order valence-electron chi connectivity index (χ2n) is 6.24. The number of aromatic nitrogens is 2. The zero-order valence-corrected chi connectivity index (χ0v) is 12.6. The van der Waals surface area contributed by atoms with Gasteiger partial charge in [0.15, 0.2) is 11.6 Å². The quantitative estimate of drug-likeness (QED) is 0.871. The van der Waals surface area contributed by atoms with Crippen LogP contribution in [0.1, 0.15) is 17.5 Å². The summed E-state index contributed by atoms with van der Waals surface area (Å²) in [6.45, 7) is 4.88. The zero-order valence-electron chi connectivity index (χ0n) is 12.6. The molecule has 2 aromatic heterocycles. The smallest absolute Gasteiger partial charge is 0.165 e. The summed E-state index contributed by atoms with van der Waals surface area (Å²) in [5, 5.41) is 0. The molecule has 2 aromatic rings. The molecule has 0 radical (unpaired) electrons. The second-order valence-corrected chi connectivity index (χ2v) is 6.24. The van der Waals surface area contributed by atoms with Gasteiger partial charge in [-0.15, -0.1) is 0 Å². The van der Waals surface area contributed by atoms with Crippen molar-refractivity contribution in [3.05, 3.63) is 53.7 Å². The number of anilines is 1. The molecule has 2 atom stereocenters. The van der Waals surface area contributed by atoms with Gasteiger partial charge in [-0.1, -0.05) is 0 Å². The van der Waals surface area contributed by atoms with E-state index in [2.05, 4.69) is 32.8 Å². The molecule has 2 saturated heterocycles. The molecule has 0 aliphatic carbocycles. The third-order valence-corrected chi connectivity index (χ3v) is 4.89. The Hall–Kier alpha value is -2.01. The number of likely N-dealkylation sites (tertiary alicyclic amines) is 1. The van der Waals surface area contributed by atoms with Crippen LogP contribution in [0.25, 0.3) is 0 Å². The van der Waals surface area contributed by atoms with Crippen molar-refractivity contribution < 1.29 is 4.39 Å². The minimum Gasteiger partial charge on any atom is -0.348 e. The van der Waals surface area contributed by atoms with Crippen LogP contribution >= 0.6 is 0 Å². The van der Waals surface area contributed by atoms with E-state index in [4.69, 9.17) is 0 Å². The molecule has 0 spiro atoms. The van der Waals surface area contributed by atoms with E-state index >= 15 is 0 Å². The highest BCUT2D eigenvalue weighted by Crippen LogP contribution is 2.35. The number of rotatable bonds is 3. The average molecular weight is 298 g/mol. The second kappa shape index (κ2) is 5.32. The summed E-state index contributed by atoms with van der Waals surface area (Å²) in [5.41, 5.74) is 2.57. The van der Waals surface area contributed by atoms with Crippen LogP contribution in [0.15, 0.2) is 36.8 Å². The molecular formula is C17H19FN4. The van der Waals surface area contributed by atoms with Crippen molar-refractivity contribution in [3.8, 4) is 0 Å². The lowest BCUT2D eigenvalue weighted by atomic mass is 10.1. The largest absolute Gasteiger partial charge is 0.348 e. The number of fused-ring (bicyclic) bond motifs is 2. The fourth-order valence-corrected chi connectivity index (χ4v) is 3.67. The van der Waals surface area contributed by atoms with Crippen molar-refractivity contribution in [2.75, 3.05) is 18.0 Å². The van der Waals surface area contributed by atoms with E-state index in [1.54, 1.807) is 12.3 Å². The summed E-state index contributed by atoms with van der Waals surface area (Å²) in [6, 6.07) is 6.03. The summed E-state index contributed by atoms with van der Waals surface area (Å²) in [7, 11) is 0. The van der Waals surface area contributed by atoms with Crippen LogP contribution in [0.2, 0.25) is 0 Å². The van der Waals surface area contributed by atoms with Crippen LogP contribution in [0.5, 0.6) is 0 Å². The number of nitrogens with zero attached hydrogens (tertiary/aromatic N) is 4. The molecule has 0 saturated carbocycles. The lowest BCUT2D eigenvalue weighted by molar-refractivity contribution is 0.229. The highest BCUT2D eigenvalue weighted by Gasteiger charge is 2.44. The minimum atomic E-state index is -0.218. The van der Waals surface area contributed by atoms with Crippen molar-refractivity contribution in [2.45, 2.75) is 32.0 Å². The average Bonchev–Trinajstić information content (AvgIpc) is 3.10. The van der Waals surface area contributed by atoms with Gasteiger partial charge in [-0.05, 0) is 42.7 Å². The Balaban J connectivity index is 1.49. The van der Waals surface area contributed by atoms with E-state index < -0.39 is 0 Å². The van der Waals surface area contributed by atoms with E-state index in [0.29, 0.717) is 17.9 Å². The Kier molecular flexibility index (Phi) is 3.30. The molecule has 2 aliphatic rings. The fraction of sp³-hybridized carbons (Fsp3) is 0.412. The molecule has 2 unspecified atom stereocenters. The van der Waals surface area contributed by atoms with Gasteiger partial charge in [-0.25, -0.2) is 9.37 Å². The molecule has 114 valence electrons. The molecule has 4 rings (SSSR count). The Morgan fingerprint density at radius 3 is 2.86 bits per heavy atom. The molecule has 0 N–H and O–H groups in total. The van der Waals surface area contributed by atoms with Crippen molar-refractivity contribution in [1.82, 2.24) is 14.9 Å². The Morgan fingerprint density at radius 1 is 1.23 bits per heavy atom. The molecule has 4 nitrogen and oxygen atoms in total. The van der Waals surface area contributed by atoms with E-state index in [0.717, 1.165) is 26.1 Å². The molecule has 2 fully saturated rings. The summed E-state index contributed by atoms with van der Waals surface area (Å²) >= 11 is 0. The fourth-order valence-electron chi connectivity index (χ4n) is 3.67. The SMILES string of the molecule is Cc1ccncc1CN1CC2CC1CN2c1ncccc1F. The minimum absolute atomic E-state index is 0.218. The number of hydrogen-bond donors (Lipinski definition) is 0. The first-order valence-corrected chi connectivity index (χ1v) is 7.73. The first-order chi connectivity index (χ1) is 10.7. The highest BCUT2D eigenvalue weighted by molar-refractivity contribution is 5.44. The van der Waals surface area contributed by atoms with Gasteiger partial charge in [0.25, 0.3) is 0 Å².